The number of hydrogen-bond acceptors (Lipinski definition) is 1. The first-order valence-electron chi connectivity index (χ1n) is 4.76. The first kappa shape index (κ1) is 7.07. The van der Waals surface area contributed by atoms with Gasteiger partial charge in [-0.15, -0.1) is 0 Å². The van der Waals surface area contributed by atoms with Crippen LogP contribution in [0.15, 0.2) is 52.2 Å². The highest BCUT2D eigenvalue weighted by molar-refractivity contribution is 5.73. The predicted octanol–water partition coefficient (Wildman–Crippen LogP) is 2.79. The molecule has 0 radical (unpaired) electrons. The van der Waals surface area contributed by atoms with E-state index in [1.54, 1.807) is 0 Å². The average Bonchev–Trinajstić information content (AvgIpc) is 2.65. The van der Waals surface area contributed by atoms with E-state index in [4.69, 9.17) is 0 Å². The van der Waals surface area contributed by atoms with Crippen LogP contribution < -0.4 is 0 Å². The molecule has 3 aliphatic rings. The molecule has 2 aliphatic carbocycles. The molecular formula is C12H11N. The highest BCUT2D eigenvalue weighted by atomic mass is 14.8. The summed E-state index contributed by atoms with van der Waals surface area (Å²) < 4.78 is 0. The van der Waals surface area contributed by atoms with Gasteiger partial charge in [0.2, 0.25) is 0 Å². The fourth-order valence-electron chi connectivity index (χ4n) is 2.21. The quantitative estimate of drug-likeness (QED) is 0.528. The zero-order chi connectivity index (χ0) is 8.67. The van der Waals surface area contributed by atoms with Crippen molar-refractivity contribution in [3.05, 3.63) is 47.2 Å². The molecule has 13 heavy (non-hydrogen) atoms. The van der Waals surface area contributed by atoms with Crippen molar-refractivity contribution < 1.29 is 0 Å². The summed E-state index contributed by atoms with van der Waals surface area (Å²) in [5, 5.41) is 0. The Kier molecular flexibility index (Phi) is 1.39. The van der Waals surface area contributed by atoms with E-state index in [0.29, 0.717) is 5.92 Å². The van der Waals surface area contributed by atoms with Gasteiger partial charge < -0.3 is 0 Å². The number of fused-ring (bicyclic) bond motifs is 2. The molecule has 0 fully saturated rings. The van der Waals surface area contributed by atoms with E-state index in [9.17, 15) is 0 Å². The summed E-state index contributed by atoms with van der Waals surface area (Å²) in [6.07, 6.45) is 15.2. The molecule has 0 bridgehead atoms. The van der Waals surface area contributed by atoms with E-state index in [1.165, 1.54) is 16.8 Å². The summed E-state index contributed by atoms with van der Waals surface area (Å²) in [5.41, 5.74) is 4.14. The van der Waals surface area contributed by atoms with Crippen LogP contribution in [-0.4, -0.2) is 6.21 Å². The number of allylic oxidation sites excluding steroid dienone is 7. The molecule has 1 heteroatoms. The van der Waals surface area contributed by atoms with Crippen LogP contribution in [0, 0.1) is 5.92 Å². The van der Waals surface area contributed by atoms with E-state index >= 15 is 0 Å². The molecular weight excluding hydrogens is 158 g/mol. The molecule has 1 heterocycles. The Morgan fingerprint density at radius 2 is 2.31 bits per heavy atom. The van der Waals surface area contributed by atoms with Crippen LogP contribution in [-0.2, 0) is 0 Å². The average molecular weight is 169 g/mol. The number of nitrogens with zero attached hydrogens (tertiary/aromatic N) is 1. The summed E-state index contributed by atoms with van der Waals surface area (Å²) in [6, 6.07) is 0. The van der Waals surface area contributed by atoms with Crippen molar-refractivity contribution in [2.75, 3.05) is 0 Å². The molecule has 0 aromatic rings. The summed E-state index contributed by atoms with van der Waals surface area (Å²) in [7, 11) is 0. The Hall–Kier alpha value is -1.37. The zero-order valence-corrected chi connectivity index (χ0v) is 7.40. The Morgan fingerprint density at radius 1 is 1.31 bits per heavy atom. The van der Waals surface area contributed by atoms with Crippen LogP contribution in [0.3, 0.4) is 0 Å². The third-order valence-electron chi connectivity index (χ3n) is 2.88. The Morgan fingerprint density at radius 3 is 3.31 bits per heavy atom. The summed E-state index contributed by atoms with van der Waals surface area (Å²) in [4.78, 5) is 4.37. The van der Waals surface area contributed by atoms with Gasteiger partial charge in [0.25, 0.3) is 0 Å². The molecule has 0 aromatic carbocycles. The molecule has 0 saturated heterocycles. The summed E-state index contributed by atoms with van der Waals surface area (Å²) >= 11 is 0. The third-order valence-corrected chi connectivity index (χ3v) is 2.88. The topological polar surface area (TPSA) is 12.4 Å². The Labute approximate surface area is 77.9 Å². The van der Waals surface area contributed by atoms with Gasteiger partial charge in [-0.1, -0.05) is 30.4 Å². The lowest BCUT2D eigenvalue weighted by atomic mass is 9.83. The van der Waals surface area contributed by atoms with E-state index in [1.807, 2.05) is 6.21 Å². The van der Waals surface area contributed by atoms with Gasteiger partial charge >= 0.3 is 0 Å². The molecule has 0 saturated carbocycles. The van der Waals surface area contributed by atoms with Crippen LogP contribution in [0.1, 0.15) is 12.8 Å². The van der Waals surface area contributed by atoms with Crippen molar-refractivity contribution in [3.8, 4) is 0 Å². The molecule has 0 aromatic heterocycles. The van der Waals surface area contributed by atoms with Crippen molar-refractivity contribution in [1.29, 1.82) is 0 Å². The maximum Gasteiger partial charge on any atom is 0.0625 e. The fraction of sp³-hybridized carbons (Fsp3) is 0.250. The van der Waals surface area contributed by atoms with Crippen LogP contribution in [0.25, 0.3) is 0 Å². The van der Waals surface area contributed by atoms with Gasteiger partial charge in [-0.3, -0.25) is 4.99 Å². The van der Waals surface area contributed by atoms with Crippen molar-refractivity contribution in [3.63, 3.8) is 0 Å². The minimum absolute atomic E-state index is 0.616. The van der Waals surface area contributed by atoms with Gasteiger partial charge in [0.15, 0.2) is 0 Å². The lowest BCUT2D eigenvalue weighted by molar-refractivity contribution is 0.758. The number of hydrogen-bond donors (Lipinski definition) is 0. The first-order valence-corrected chi connectivity index (χ1v) is 4.76. The largest absolute Gasteiger partial charge is 0.261 e. The van der Waals surface area contributed by atoms with Crippen molar-refractivity contribution in [1.82, 2.24) is 0 Å². The predicted molar refractivity (Wildman–Crippen MR) is 54.6 cm³/mol. The second kappa shape index (κ2) is 2.56. The molecule has 0 N–H and O–H groups in total. The van der Waals surface area contributed by atoms with Crippen molar-refractivity contribution in [2.24, 2.45) is 10.9 Å². The SMILES string of the molecule is C1=CC2=C3CC=NC3=CCC2C=C1. The molecule has 1 atom stereocenters. The minimum Gasteiger partial charge on any atom is -0.261 e. The monoisotopic (exact) mass is 169 g/mol. The minimum atomic E-state index is 0.616. The maximum atomic E-state index is 4.37. The smallest absolute Gasteiger partial charge is 0.0625 e. The van der Waals surface area contributed by atoms with Crippen LogP contribution >= 0.6 is 0 Å². The number of aliphatic imine (C=N–C) groups is 1. The summed E-state index contributed by atoms with van der Waals surface area (Å²) in [6.45, 7) is 0. The van der Waals surface area contributed by atoms with Crippen LogP contribution in [0.4, 0.5) is 0 Å². The molecule has 1 unspecified atom stereocenters. The number of rotatable bonds is 0. The van der Waals surface area contributed by atoms with Gasteiger partial charge in [-0.25, -0.2) is 0 Å². The lowest BCUT2D eigenvalue weighted by Gasteiger charge is -2.22. The van der Waals surface area contributed by atoms with Crippen LogP contribution in [0.5, 0.6) is 0 Å². The molecule has 64 valence electrons. The van der Waals surface area contributed by atoms with E-state index in [0.717, 1.165) is 12.8 Å². The van der Waals surface area contributed by atoms with Gasteiger partial charge in [0, 0.05) is 18.6 Å². The maximum absolute atomic E-state index is 4.37. The normalized spacial score (nSPS) is 28.9. The van der Waals surface area contributed by atoms with Gasteiger partial charge in [-0.05, 0) is 17.6 Å². The van der Waals surface area contributed by atoms with E-state index < -0.39 is 0 Å². The van der Waals surface area contributed by atoms with Gasteiger partial charge in [0.05, 0.1) is 5.70 Å². The Balaban J connectivity index is 2.13. The standard InChI is InChI=1S/C12H11N/c1-2-4-10-9(3-1)5-6-12-11(10)7-8-13-12/h1-4,6,8-9H,5,7H2. The zero-order valence-electron chi connectivity index (χ0n) is 7.40. The molecule has 0 spiro atoms. The summed E-state index contributed by atoms with van der Waals surface area (Å²) in [5.74, 6) is 0.616. The van der Waals surface area contributed by atoms with Crippen LogP contribution in [0.2, 0.25) is 0 Å². The third kappa shape index (κ3) is 0.966. The van der Waals surface area contributed by atoms with E-state index in [-0.39, 0.29) is 0 Å². The molecule has 1 nitrogen and oxygen atoms in total. The molecule has 3 rings (SSSR count). The molecule has 0 amide bonds. The molecule has 1 aliphatic heterocycles. The fourth-order valence-corrected chi connectivity index (χ4v) is 2.21. The highest BCUT2D eigenvalue weighted by Gasteiger charge is 2.23. The van der Waals surface area contributed by atoms with Gasteiger partial charge in [-0.2, -0.15) is 0 Å². The van der Waals surface area contributed by atoms with E-state index in [2.05, 4.69) is 35.4 Å². The Bertz CT molecular complexity index is 391. The first-order chi connectivity index (χ1) is 6.45. The van der Waals surface area contributed by atoms with Crippen molar-refractivity contribution >= 4 is 6.21 Å². The lowest BCUT2D eigenvalue weighted by Crippen LogP contribution is -2.08. The second-order valence-electron chi connectivity index (χ2n) is 3.63. The second-order valence-corrected chi connectivity index (χ2v) is 3.63. The van der Waals surface area contributed by atoms with Crippen molar-refractivity contribution in [2.45, 2.75) is 12.8 Å². The van der Waals surface area contributed by atoms with Gasteiger partial charge in [0.1, 0.15) is 0 Å². The highest BCUT2D eigenvalue weighted by Crippen LogP contribution is 2.37.